The molecule has 0 bridgehead atoms. The van der Waals surface area contributed by atoms with Gasteiger partial charge in [0.1, 0.15) is 29.9 Å². The Morgan fingerprint density at radius 3 is 2.19 bits per heavy atom. The number of allylic oxidation sites excluding steroid dienone is 7. The van der Waals surface area contributed by atoms with Crippen molar-refractivity contribution in [2.24, 2.45) is 35.5 Å². The van der Waals surface area contributed by atoms with Crippen LogP contribution in [0, 0.1) is 35.5 Å². The number of esters is 1. The smallest absolute Gasteiger partial charge is 0.373 e. The lowest BCUT2D eigenvalue weighted by Gasteiger charge is -2.38. The molecule has 43 heavy (non-hydrogen) atoms. The summed E-state index contributed by atoms with van der Waals surface area (Å²) >= 11 is 0. The van der Waals surface area contributed by atoms with E-state index in [-0.39, 0.29) is 47.1 Å². The maximum atomic E-state index is 13.4. The predicted octanol–water partition coefficient (Wildman–Crippen LogP) is 5.91. The molecule has 2 rings (SSSR count). The van der Waals surface area contributed by atoms with Crippen LogP contribution in [-0.4, -0.2) is 61.3 Å². The highest BCUT2D eigenvalue weighted by atomic mass is 16.6. The molecule has 0 radical (unpaired) electrons. The second kappa shape index (κ2) is 16.2. The number of Topliss-reactive ketones (excluding diaryl/α,β-unsaturated/α-hetero) is 1. The Morgan fingerprint density at radius 2 is 1.60 bits per heavy atom. The molecule has 0 spiro atoms. The minimum absolute atomic E-state index is 0.0358. The van der Waals surface area contributed by atoms with Gasteiger partial charge in [0.05, 0.1) is 19.1 Å². The number of carbonyl (C=O) groups excluding carboxylic acids is 3. The number of carbonyl (C=O) groups is 3. The van der Waals surface area contributed by atoms with Gasteiger partial charge in [-0.2, -0.15) is 0 Å². The van der Waals surface area contributed by atoms with Gasteiger partial charge in [0, 0.05) is 36.9 Å². The molecule has 2 aliphatic heterocycles. The van der Waals surface area contributed by atoms with Crippen molar-refractivity contribution in [1.29, 1.82) is 0 Å². The number of cyclic esters (lactones) is 1. The third-order valence-electron chi connectivity index (χ3n) is 8.55. The van der Waals surface area contributed by atoms with E-state index >= 15 is 0 Å². The lowest BCUT2D eigenvalue weighted by atomic mass is 9.83. The fourth-order valence-corrected chi connectivity index (χ4v) is 5.84. The fraction of sp³-hybridized carbons (Fsp3) is 0.629. The fourth-order valence-electron chi connectivity index (χ4n) is 5.84. The summed E-state index contributed by atoms with van der Waals surface area (Å²) in [6.45, 7) is 17.0. The first-order valence-electron chi connectivity index (χ1n) is 15.3. The minimum atomic E-state index is -1.05. The lowest BCUT2D eigenvalue weighted by molar-refractivity contribution is -0.162. The van der Waals surface area contributed by atoms with Crippen LogP contribution in [0.4, 0.5) is 0 Å². The number of methoxy groups -OCH3 is 2. The zero-order valence-corrected chi connectivity index (χ0v) is 27.7. The highest BCUT2D eigenvalue weighted by molar-refractivity contribution is 5.93. The molecule has 0 unspecified atom stereocenters. The second-order valence-corrected chi connectivity index (χ2v) is 12.6. The van der Waals surface area contributed by atoms with E-state index in [1.54, 1.807) is 32.9 Å². The Labute approximate surface area is 257 Å². The lowest BCUT2D eigenvalue weighted by Crippen LogP contribution is -2.45. The summed E-state index contributed by atoms with van der Waals surface area (Å²) in [7, 11) is 2.89. The molecule has 8 heteroatoms. The van der Waals surface area contributed by atoms with Crippen LogP contribution in [0.1, 0.15) is 68.7 Å². The predicted molar refractivity (Wildman–Crippen MR) is 167 cm³/mol. The van der Waals surface area contributed by atoms with Crippen molar-refractivity contribution >= 4 is 17.5 Å². The molecule has 0 saturated carbocycles. The first-order valence-corrected chi connectivity index (χ1v) is 15.3. The molecule has 0 saturated heterocycles. The average Bonchev–Trinajstić information content (AvgIpc) is 2.95. The number of hydrogen-bond donors (Lipinski definition) is 1. The van der Waals surface area contributed by atoms with E-state index in [0.717, 1.165) is 5.57 Å². The van der Waals surface area contributed by atoms with Gasteiger partial charge in [-0.05, 0) is 32.3 Å². The van der Waals surface area contributed by atoms with Gasteiger partial charge in [-0.15, -0.1) is 0 Å². The molecule has 2 heterocycles. The minimum Gasteiger partial charge on any atom is -0.493 e. The number of aliphatic hydroxyl groups is 1. The molecule has 0 aromatic rings. The highest BCUT2D eigenvalue weighted by Gasteiger charge is 2.40. The number of aliphatic hydroxyl groups excluding tert-OH is 1. The van der Waals surface area contributed by atoms with Gasteiger partial charge in [0.2, 0.25) is 5.76 Å². The summed E-state index contributed by atoms with van der Waals surface area (Å²) in [5, 5.41) is 11.6. The Bertz CT molecular complexity index is 1160. The summed E-state index contributed by atoms with van der Waals surface area (Å²) in [6, 6.07) is 0. The van der Waals surface area contributed by atoms with Crippen LogP contribution in [0.5, 0.6) is 0 Å². The molecule has 0 aliphatic carbocycles. The molecular weight excluding hydrogens is 548 g/mol. The van der Waals surface area contributed by atoms with Gasteiger partial charge < -0.3 is 24.1 Å². The summed E-state index contributed by atoms with van der Waals surface area (Å²) in [5.41, 5.74) is 1.70. The maximum absolute atomic E-state index is 13.4. The Kier molecular flexibility index (Phi) is 13.6. The van der Waals surface area contributed by atoms with Crippen LogP contribution >= 0.6 is 0 Å². The summed E-state index contributed by atoms with van der Waals surface area (Å²) in [4.78, 5) is 39.2. The largest absolute Gasteiger partial charge is 0.493 e. The molecule has 8 nitrogen and oxygen atoms in total. The highest BCUT2D eigenvalue weighted by Crippen LogP contribution is 2.34. The second-order valence-electron chi connectivity index (χ2n) is 12.6. The van der Waals surface area contributed by atoms with Crippen molar-refractivity contribution in [2.45, 2.75) is 93.2 Å². The molecule has 0 amide bonds. The van der Waals surface area contributed by atoms with Gasteiger partial charge in [-0.1, -0.05) is 83.9 Å². The van der Waals surface area contributed by atoms with E-state index in [9.17, 15) is 19.5 Å². The Morgan fingerprint density at radius 1 is 0.953 bits per heavy atom. The molecule has 2 aliphatic rings. The van der Waals surface area contributed by atoms with Gasteiger partial charge >= 0.3 is 5.97 Å². The van der Waals surface area contributed by atoms with Crippen LogP contribution in [0.3, 0.4) is 0 Å². The van der Waals surface area contributed by atoms with E-state index in [2.05, 4.69) is 0 Å². The summed E-state index contributed by atoms with van der Waals surface area (Å²) < 4.78 is 23.4. The first-order chi connectivity index (χ1) is 20.1. The topological polar surface area (TPSA) is 108 Å². The van der Waals surface area contributed by atoms with Crippen molar-refractivity contribution in [2.75, 3.05) is 14.2 Å². The molecule has 0 aromatic heterocycles. The number of hydrogen-bond acceptors (Lipinski definition) is 8. The van der Waals surface area contributed by atoms with E-state index in [1.165, 1.54) is 20.3 Å². The van der Waals surface area contributed by atoms with Crippen molar-refractivity contribution in [3.63, 3.8) is 0 Å². The first kappa shape index (κ1) is 36.2. The van der Waals surface area contributed by atoms with Crippen LogP contribution < -0.4 is 0 Å². The average molecular weight is 601 g/mol. The van der Waals surface area contributed by atoms with Crippen molar-refractivity contribution in [1.82, 2.24) is 0 Å². The van der Waals surface area contributed by atoms with Gasteiger partial charge in [-0.25, -0.2) is 4.79 Å². The van der Waals surface area contributed by atoms with Gasteiger partial charge in [0.25, 0.3) is 0 Å². The third kappa shape index (κ3) is 9.51. The summed E-state index contributed by atoms with van der Waals surface area (Å²) in [5.74, 6) is -2.18. The number of ketones is 2. The van der Waals surface area contributed by atoms with E-state index < -0.39 is 36.1 Å². The zero-order chi connectivity index (χ0) is 32.6. The quantitative estimate of drug-likeness (QED) is 0.359. The number of rotatable bonds is 7. The van der Waals surface area contributed by atoms with E-state index in [0.29, 0.717) is 17.8 Å². The Balaban J connectivity index is 2.52. The Hall–Kier alpha value is -2.97. The van der Waals surface area contributed by atoms with Gasteiger partial charge in [0.15, 0.2) is 5.78 Å². The monoisotopic (exact) mass is 600 g/mol. The molecule has 0 aromatic carbocycles. The van der Waals surface area contributed by atoms with Crippen molar-refractivity contribution < 1.29 is 38.4 Å². The van der Waals surface area contributed by atoms with E-state index in [4.69, 9.17) is 18.9 Å². The summed E-state index contributed by atoms with van der Waals surface area (Å²) in [6.07, 6.45) is 7.95. The zero-order valence-electron chi connectivity index (χ0n) is 27.7. The standard InChI is InChI=1S/C35H52O8/c1-19(2)33-24(7)27(36)18-29(42-33)25(8)32(38)26(9)34-28(40-10)14-12-13-20(3)15-22(5)31(37)23(6)16-21(4)17-30(41-11)35(39)43-34/h12-14,16-19,22-26,28,32-34,38H,15H2,1-11H3/b14-12+,20-13+,21-16+,30-17-/t22-,23+,24-,25+,26-,28-,32-,33+,34+/m0/s1. The van der Waals surface area contributed by atoms with Crippen molar-refractivity contribution in [3.8, 4) is 0 Å². The SMILES string of the molecule is CO/C1=C\C(C)=C\[C@@H](C)C(=O)[C@@H](C)C/C(C)=C/C=C/[C@H](OC)[C@@H]([C@@H](C)[C@@H](O)[C@H](C)C2=CC(=O)[C@H](C)[C@@H](C(C)C)O2)OC1=O. The molecule has 1 N–H and O–H groups in total. The van der Waals surface area contributed by atoms with Crippen molar-refractivity contribution in [3.05, 3.63) is 59.1 Å². The molecule has 9 atom stereocenters. The van der Waals surface area contributed by atoms with Gasteiger partial charge in [-0.3, -0.25) is 9.59 Å². The molecule has 240 valence electrons. The van der Waals surface area contributed by atoms with Crippen LogP contribution in [0.2, 0.25) is 0 Å². The maximum Gasteiger partial charge on any atom is 0.373 e. The van der Waals surface area contributed by atoms with Crippen LogP contribution in [0.25, 0.3) is 0 Å². The third-order valence-corrected chi connectivity index (χ3v) is 8.55. The number of ether oxygens (including phenoxy) is 4. The molecular formula is C35H52O8. The van der Waals surface area contributed by atoms with E-state index in [1.807, 2.05) is 59.8 Å². The van der Waals surface area contributed by atoms with Crippen LogP contribution in [0.15, 0.2) is 59.1 Å². The van der Waals surface area contributed by atoms with Crippen LogP contribution in [-0.2, 0) is 33.3 Å². The molecule has 0 fully saturated rings. The normalized spacial score (nSPS) is 34.7.